The molecule has 0 unspecified atom stereocenters. The van der Waals surface area contributed by atoms with Crippen molar-refractivity contribution in [2.75, 3.05) is 31.8 Å². The van der Waals surface area contributed by atoms with Crippen LogP contribution in [0.2, 0.25) is 0 Å². The molecule has 1 aliphatic heterocycles. The lowest BCUT2D eigenvalue weighted by Gasteiger charge is -2.19. The fourth-order valence-electron chi connectivity index (χ4n) is 4.15. The number of hydrogen-bond donors (Lipinski definition) is 3. The number of rotatable bonds is 6. The van der Waals surface area contributed by atoms with Crippen LogP contribution in [0.25, 0.3) is 11.3 Å². The number of nitrogens with one attached hydrogen (secondary N) is 3. The van der Waals surface area contributed by atoms with E-state index in [-0.39, 0.29) is 11.8 Å². The Hall–Kier alpha value is -3.97. The maximum atomic E-state index is 13.8. The molecular formula is C27H27FN4O2. The largest absolute Gasteiger partial charge is 0.355 e. The van der Waals surface area contributed by atoms with Crippen molar-refractivity contribution in [3.63, 3.8) is 0 Å². The fraction of sp³-hybridized carbons (Fsp3) is 0.185. The van der Waals surface area contributed by atoms with E-state index < -0.39 is 5.82 Å². The van der Waals surface area contributed by atoms with Crippen LogP contribution in [-0.2, 0) is 11.3 Å². The second-order valence-corrected chi connectivity index (χ2v) is 8.51. The molecule has 0 aliphatic carbocycles. The van der Waals surface area contributed by atoms with E-state index in [1.165, 1.54) is 12.1 Å². The molecule has 3 N–H and O–H groups in total. The summed E-state index contributed by atoms with van der Waals surface area (Å²) in [6.07, 6.45) is 0. The molecule has 0 saturated carbocycles. The minimum absolute atomic E-state index is 0.213. The number of fused-ring (bicyclic) bond motifs is 1. The molecule has 1 heterocycles. The van der Waals surface area contributed by atoms with Crippen molar-refractivity contribution in [1.82, 2.24) is 10.2 Å². The van der Waals surface area contributed by atoms with Crippen LogP contribution >= 0.6 is 0 Å². The zero-order chi connectivity index (χ0) is 24.4. The summed E-state index contributed by atoms with van der Waals surface area (Å²) in [6, 6.07) is 17.6. The third-order valence-electron chi connectivity index (χ3n) is 5.77. The van der Waals surface area contributed by atoms with E-state index in [4.69, 9.17) is 0 Å². The fourth-order valence-corrected chi connectivity index (χ4v) is 4.15. The van der Waals surface area contributed by atoms with E-state index in [0.29, 0.717) is 33.6 Å². The number of carbonyl (C=O) groups excluding carboxylic acids is 2. The number of nitrogens with zero attached hydrogens (tertiary/aromatic N) is 1. The molecule has 0 bridgehead atoms. The molecule has 0 atom stereocenters. The minimum Gasteiger partial charge on any atom is -0.355 e. The average molecular weight is 459 g/mol. The Morgan fingerprint density at radius 2 is 1.74 bits per heavy atom. The maximum absolute atomic E-state index is 13.8. The Morgan fingerprint density at radius 3 is 2.41 bits per heavy atom. The van der Waals surface area contributed by atoms with Crippen molar-refractivity contribution >= 4 is 34.5 Å². The van der Waals surface area contributed by atoms with Crippen molar-refractivity contribution in [2.24, 2.45) is 0 Å². The average Bonchev–Trinajstić information content (AvgIpc) is 3.12. The Morgan fingerprint density at radius 1 is 1.03 bits per heavy atom. The molecule has 0 aromatic heterocycles. The minimum atomic E-state index is -0.427. The van der Waals surface area contributed by atoms with Gasteiger partial charge in [-0.05, 0) is 68.5 Å². The van der Waals surface area contributed by atoms with Gasteiger partial charge in [-0.3, -0.25) is 9.59 Å². The third-order valence-corrected chi connectivity index (χ3v) is 5.77. The van der Waals surface area contributed by atoms with Gasteiger partial charge in [-0.25, -0.2) is 4.39 Å². The van der Waals surface area contributed by atoms with Crippen LogP contribution in [0.1, 0.15) is 32.6 Å². The second kappa shape index (κ2) is 9.49. The maximum Gasteiger partial charge on any atom is 0.258 e. The van der Waals surface area contributed by atoms with Gasteiger partial charge in [0.1, 0.15) is 5.82 Å². The van der Waals surface area contributed by atoms with E-state index in [0.717, 1.165) is 23.4 Å². The molecule has 7 heteroatoms. The highest BCUT2D eigenvalue weighted by molar-refractivity contribution is 6.37. The SMILES string of the molecule is CNC(=O)c1cccc(/C(Nc2ccc(CN(C)C)cc2)=C2/C(=O)Nc3cc(F)ccc32)c1C. The molecule has 1 aliphatic rings. The van der Waals surface area contributed by atoms with Crippen molar-refractivity contribution in [3.05, 3.63) is 94.3 Å². The molecule has 0 spiro atoms. The lowest BCUT2D eigenvalue weighted by molar-refractivity contribution is -0.110. The lowest BCUT2D eigenvalue weighted by Crippen LogP contribution is -2.20. The first-order valence-electron chi connectivity index (χ1n) is 11.0. The van der Waals surface area contributed by atoms with E-state index in [2.05, 4.69) is 20.9 Å². The number of carbonyl (C=O) groups is 2. The number of hydrogen-bond acceptors (Lipinski definition) is 4. The predicted molar refractivity (Wildman–Crippen MR) is 134 cm³/mol. The van der Waals surface area contributed by atoms with Crippen molar-refractivity contribution in [3.8, 4) is 0 Å². The Kier molecular flexibility index (Phi) is 6.47. The van der Waals surface area contributed by atoms with Gasteiger partial charge in [-0.2, -0.15) is 0 Å². The molecule has 34 heavy (non-hydrogen) atoms. The molecule has 2 amide bonds. The molecule has 0 fully saturated rings. The van der Waals surface area contributed by atoms with Gasteiger partial charge in [-0.15, -0.1) is 0 Å². The summed E-state index contributed by atoms with van der Waals surface area (Å²) in [4.78, 5) is 27.6. The van der Waals surface area contributed by atoms with Crippen LogP contribution in [0.5, 0.6) is 0 Å². The van der Waals surface area contributed by atoms with Gasteiger partial charge >= 0.3 is 0 Å². The highest BCUT2D eigenvalue weighted by atomic mass is 19.1. The lowest BCUT2D eigenvalue weighted by atomic mass is 9.94. The van der Waals surface area contributed by atoms with Gasteiger partial charge in [0.2, 0.25) is 0 Å². The summed E-state index contributed by atoms with van der Waals surface area (Å²) in [7, 11) is 5.60. The molecule has 4 rings (SSSR count). The summed E-state index contributed by atoms with van der Waals surface area (Å²) in [5, 5.41) is 8.83. The number of benzene rings is 3. The van der Waals surface area contributed by atoms with Crippen LogP contribution in [0.4, 0.5) is 15.8 Å². The summed E-state index contributed by atoms with van der Waals surface area (Å²) < 4.78 is 13.8. The van der Waals surface area contributed by atoms with E-state index in [9.17, 15) is 14.0 Å². The molecule has 3 aromatic rings. The van der Waals surface area contributed by atoms with Gasteiger partial charge in [0.15, 0.2) is 0 Å². The van der Waals surface area contributed by atoms with Crippen LogP contribution in [0.15, 0.2) is 60.7 Å². The zero-order valence-corrected chi connectivity index (χ0v) is 19.6. The van der Waals surface area contributed by atoms with Crippen LogP contribution < -0.4 is 16.0 Å². The van der Waals surface area contributed by atoms with Gasteiger partial charge in [-0.1, -0.05) is 24.3 Å². The molecular weight excluding hydrogens is 431 g/mol. The van der Waals surface area contributed by atoms with E-state index in [1.807, 2.05) is 51.4 Å². The summed E-state index contributed by atoms with van der Waals surface area (Å²) in [6.45, 7) is 2.66. The summed E-state index contributed by atoms with van der Waals surface area (Å²) in [5.41, 5.74) is 5.85. The van der Waals surface area contributed by atoms with Crippen molar-refractivity contribution in [2.45, 2.75) is 13.5 Å². The Balaban J connectivity index is 1.88. The predicted octanol–water partition coefficient (Wildman–Crippen LogP) is 4.49. The molecule has 0 radical (unpaired) electrons. The number of amides is 2. The smallest absolute Gasteiger partial charge is 0.258 e. The van der Waals surface area contributed by atoms with Crippen LogP contribution in [0, 0.1) is 12.7 Å². The van der Waals surface area contributed by atoms with E-state index >= 15 is 0 Å². The monoisotopic (exact) mass is 458 g/mol. The quantitative estimate of drug-likeness (QED) is 0.476. The first-order chi connectivity index (χ1) is 16.3. The number of halogens is 1. The van der Waals surface area contributed by atoms with Crippen molar-refractivity contribution in [1.29, 1.82) is 0 Å². The topological polar surface area (TPSA) is 73.5 Å². The molecule has 174 valence electrons. The van der Waals surface area contributed by atoms with Gasteiger partial charge in [0.25, 0.3) is 11.8 Å². The van der Waals surface area contributed by atoms with Gasteiger partial charge in [0.05, 0.1) is 17.0 Å². The first-order valence-corrected chi connectivity index (χ1v) is 11.0. The molecule has 3 aromatic carbocycles. The summed E-state index contributed by atoms with van der Waals surface area (Å²) in [5.74, 6) is -0.976. The van der Waals surface area contributed by atoms with Gasteiger partial charge < -0.3 is 20.9 Å². The Bertz CT molecular complexity index is 1300. The number of anilines is 2. The standard InChI is InChI=1S/C27H27FN4O2/c1-16-20(6-5-7-21(16)26(33)29-2)25(30-19-11-8-17(9-12-19)15-32(3)4)24-22-13-10-18(28)14-23(22)31-27(24)34/h5-14,30H,15H2,1-4H3,(H,29,33)(H,31,34)/b25-24-. The molecule has 0 saturated heterocycles. The Labute approximate surface area is 198 Å². The van der Waals surface area contributed by atoms with Crippen LogP contribution in [0.3, 0.4) is 0 Å². The van der Waals surface area contributed by atoms with Gasteiger partial charge in [0, 0.05) is 36.0 Å². The third kappa shape index (κ3) is 4.56. The van der Waals surface area contributed by atoms with Crippen LogP contribution in [-0.4, -0.2) is 37.9 Å². The molecule has 6 nitrogen and oxygen atoms in total. The normalized spacial score (nSPS) is 14.0. The summed E-state index contributed by atoms with van der Waals surface area (Å²) >= 11 is 0. The first kappa shape index (κ1) is 23.2. The highest BCUT2D eigenvalue weighted by Gasteiger charge is 2.30. The van der Waals surface area contributed by atoms with E-state index in [1.54, 1.807) is 25.2 Å². The van der Waals surface area contributed by atoms with Crippen molar-refractivity contribution < 1.29 is 14.0 Å². The highest BCUT2D eigenvalue weighted by Crippen LogP contribution is 2.39. The second-order valence-electron chi connectivity index (χ2n) is 8.51. The zero-order valence-electron chi connectivity index (χ0n) is 19.6.